The van der Waals surface area contributed by atoms with Crippen molar-refractivity contribution in [1.82, 2.24) is 0 Å². The van der Waals surface area contributed by atoms with Gasteiger partial charge in [-0.25, -0.2) is 0 Å². The number of hydrogen-bond donors (Lipinski definition) is 1. The van der Waals surface area contributed by atoms with Gasteiger partial charge in [-0.15, -0.1) is 0 Å². The lowest BCUT2D eigenvalue weighted by molar-refractivity contribution is -0.137. The summed E-state index contributed by atoms with van der Waals surface area (Å²) in [5, 5.41) is 2.31. The molecule has 0 radical (unpaired) electrons. The van der Waals surface area contributed by atoms with Crippen LogP contribution in [0.4, 0.5) is 24.5 Å². The first-order valence-electron chi connectivity index (χ1n) is 8.21. The number of ether oxygens (including phenoxy) is 1. The van der Waals surface area contributed by atoms with Gasteiger partial charge in [-0.05, 0) is 24.3 Å². The summed E-state index contributed by atoms with van der Waals surface area (Å²) in [6.07, 6.45) is -4.65. The first-order chi connectivity index (χ1) is 12.8. The van der Waals surface area contributed by atoms with E-state index in [9.17, 15) is 22.8 Å². The number of carbonyl (C=O) groups excluding carboxylic acids is 2. The lowest BCUT2D eigenvalue weighted by Gasteiger charge is -2.18. The third-order valence-electron chi connectivity index (χ3n) is 4.35. The Morgan fingerprint density at radius 1 is 1.19 bits per heavy atom. The summed E-state index contributed by atoms with van der Waals surface area (Å²) in [5.74, 6) is -1.07. The van der Waals surface area contributed by atoms with E-state index in [0.29, 0.717) is 11.4 Å². The number of methoxy groups -OCH3 is 1. The van der Waals surface area contributed by atoms with E-state index in [2.05, 4.69) is 5.32 Å². The molecule has 0 bridgehead atoms. The van der Waals surface area contributed by atoms with E-state index in [1.807, 2.05) is 0 Å². The second kappa shape index (κ2) is 7.30. The Morgan fingerprint density at radius 3 is 2.63 bits per heavy atom. The summed E-state index contributed by atoms with van der Waals surface area (Å²) < 4.78 is 44.3. The van der Waals surface area contributed by atoms with E-state index in [1.54, 1.807) is 24.3 Å². The van der Waals surface area contributed by atoms with Crippen LogP contribution < -0.4 is 15.0 Å². The largest absolute Gasteiger partial charge is 0.497 e. The Morgan fingerprint density at radius 2 is 1.93 bits per heavy atom. The summed E-state index contributed by atoms with van der Waals surface area (Å²) in [6.45, 7) is 0.0893. The van der Waals surface area contributed by atoms with Gasteiger partial charge in [0.05, 0.1) is 24.3 Å². The molecule has 0 aromatic heterocycles. The molecule has 8 heteroatoms. The molecule has 2 aromatic rings. The standard InChI is InChI=1S/C19H17F3N2O3/c1-27-14-6-4-5-13(10-14)24-11-12(9-17(24)25)18(26)23-16-8-3-2-7-15(16)19(20,21)22/h2-8,10,12H,9,11H2,1H3,(H,23,26)/t12-/m0/s1. The molecule has 0 unspecified atom stereocenters. The second-order valence-electron chi connectivity index (χ2n) is 6.14. The molecular formula is C19H17F3N2O3. The number of hydrogen-bond acceptors (Lipinski definition) is 3. The van der Waals surface area contributed by atoms with Gasteiger partial charge in [-0.2, -0.15) is 13.2 Å². The van der Waals surface area contributed by atoms with Crippen molar-refractivity contribution in [3.8, 4) is 5.75 Å². The van der Waals surface area contributed by atoms with E-state index in [0.717, 1.165) is 6.07 Å². The molecule has 3 rings (SSSR count). The van der Waals surface area contributed by atoms with Crippen LogP contribution in [0.5, 0.6) is 5.75 Å². The fourth-order valence-electron chi connectivity index (χ4n) is 2.99. The molecule has 142 valence electrons. The number of halogens is 3. The predicted octanol–water partition coefficient (Wildman–Crippen LogP) is 3.71. The van der Waals surface area contributed by atoms with Crippen LogP contribution in [0, 0.1) is 5.92 Å². The molecular weight excluding hydrogens is 361 g/mol. The van der Waals surface area contributed by atoms with Crippen LogP contribution >= 0.6 is 0 Å². The van der Waals surface area contributed by atoms with E-state index in [4.69, 9.17) is 4.74 Å². The Hall–Kier alpha value is -3.03. The van der Waals surface area contributed by atoms with Crippen molar-refractivity contribution < 1.29 is 27.5 Å². The molecule has 1 fully saturated rings. The highest BCUT2D eigenvalue weighted by atomic mass is 19.4. The zero-order valence-electron chi connectivity index (χ0n) is 14.4. The molecule has 0 saturated carbocycles. The van der Waals surface area contributed by atoms with Crippen molar-refractivity contribution in [2.45, 2.75) is 12.6 Å². The molecule has 1 saturated heterocycles. The van der Waals surface area contributed by atoms with Crippen molar-refractivity contribution in [2.24, 2.45) is 5.92 Å². The van der Waals surface area contributed by atoms with Gasteiger partial charge in [0.15, 0.2) is 0 Å². The Bertz CT molecular complexity index is 867. The molecule has 1 aliphatic rings. The van der Waals surface area contributed by atoms with Gasteiger partial charge in [0.2, 0.25) is 11.8 Å². The third kappa shape index (κ3) is 4.05. The molecule has 2 aromatic carbocycles. The molecule has 5 nitrogen and oxygen atoms in total. The Kier molecular flexibility index (Phi) is 5.07. The molecule has 2 amide bonds. The van der Waals surface area contributed by atoms with Gasteiger partial charge in [0.1, 0.15) is 5.75 Å². The minimum absolute atomic E-state index is 0.0722. The maximum atomic E-state index is 13.1. The van der Waals surface area contributed by atoms with Crippen LogP contribution in [0.25, 0.3) is 0 Å². The number of amides is 2. The summed E-state index contributed by atoms with van der Waals surface area (Å²) in [6, 6.07) is 11.6. The average Bonchev–Trinajstić information content (AvgIpc) is 3.03. The summed E-state index contributed by atoms with van der Waals surface area (Å²) in [5.41, 5.74) is -0.667. The van der Waals surface area contributed by atoms with Crippen molar-refractivity contribution in [1.29, 1.82) is 0 Å². The number of carbonyl (C=O) groups is 2. The number of para-hydroxylation sites is 1. The minimum Gasteiger partial charge on any atom is -0.497 e. The Balaban J connectivity index is 1.75. The molecule has 0 aliphatic carbocycles. The van der Waals surface area contributed by atoms with Crippen molar-refractivity contribution in [3.05, 3.63) is 54.1 Å². The van der Waals surface area contributed by atoms with Crippen LogP contribution in [0.15, 0.2) is 48.5 Å². The van der Waals surface area contributed by atoms with Crippen LogP contribution in [0.2, 0.25) is 0 Å². The zero-order chi connectivity index (χ0) is 19.6. The number of rotatable bonds is 4. The lowest BCUT2D eigenvalue weighted by Crippen LogP contribution is -2.28. The monoisotopic (exact) mass is 378 g/mol. The van der Waals surface area contributed by atoms with Crippen LogP contribution in [0.1, 0.15) is 12.0 Å². The maximum absolute atomic E-state index is 13.1. The molecule has 0 spiro atoms. The van der Waals surface area contributed by atoms with Gasteiger partial charge in [-0.3, -0.25) is 9.59 Å². The smallest absolute Gasteiger partial charge is 0.418 e. The fourth-order valence-corrected chi connectivity index (χ4v) is 2.99. The molecule has 1 atom stereocenters. The quantitative estimate of drug-likeness (QED) is 0.883. The molecule has 27 heavy (non-hydrogen) atoms. The van der Waals surface area contributed by atoms with Gasteiger partial charge < -0.3 is 15.0 Å². The van der Waals surface area contributed by atoms with E-state index in [1.165, 1.54) is 30.2 Å². The zero-order valence-corrected chi connectivity index (χ0v) is 14.4. The lowest BCUT2D eigenvalue weighted by atomic mass is 10.1. The highest BCUT2D eigenvalue weighted by Crippen LogP contribution is 2.35. The molecule has 1 heterocycles. The van der Waals surface area contributed by atoms with Gasteiger partial charge in [0, 0.05) is 24.7 Å². The number of alkyl halides is 3. The number of nitrogens with zero attached hydrogens (tertiary/aromatic N) is 1. The van der Waals surface area contributed by atoms with E-state index in [-0.39, 0.29) is 24.6 Å². The highest BCUT2D eigenvalue weighted by molar-refractivity contribution is 6.03. The normalized spacial score (nSPS) is 17.1. The molecule has 1 N–H and O–H groups in total. The SMILES string of the molecule is COc1cccc(N2C[C@@H](C(=O)Nc3ccccc3C(F)(F)F)CC2=O)c1. The van der Waals surface area contributed by atoms with Crippen molar-refractivity contribution in [2.75, 3.05) is 23.9 Å². The average molecular weight is 378 g/mol. The van der Waals surface area contributed by atoms with Crippen molar-refractivity contribution >= 4 is 23.2 Å². The van der Waals surface area contributed by atoms with Gasteiger partial charge in [-0.1, -0.05) is 18.2 Å². The minimum atomic E-state index is -4.58. The fraction of sp³-hybridized carbons (Fsp3) is 0.263. The summed E-state index contributed by atoms with van der Waals surface area (Å²) >= 11 is 0. The van der Waals surface area contributed by atoms with Gasteiger partial charge in [0.25, 0.3) is 0 Å². The second-order valence-corrected chi connectivity index (χ2v) is 6.14. The molecule has 1 aliphatic heterocycles. The topological polar surface area (TPSA) is 58.6 Å². The third-order valence-corrected chi connectivity index (χ3v) is 4.35. The van der Waals surface area contributed by atoms with Crippen molar-refractivity contribution in [3.63, 3.8) is 0 Å². The van der Waals surface area contributed by atoms with Crippen LogP contribution in [0.3, 0.4) is 0 Å². The first kappa shape index (κ1) is 18.8. The number of benzene rings is 2. The van der Waals surface area contributed by atoms with E-state index < -0.39 is 23.6 Å². The summed E-state index contributed by atoms with van der Waals surface area (Å²) in [4.78, 5) is 26.2. The Labute approximate surface area is 153 Å². The maximum Gasteiger partial charge on any atom is 0.418 e. The highest BCUT2D eigenvalue weighted by Gasteiger charge is 2.37. The van der Waals surface area contributed by atoms with Crippen LogP contribution in [-0.4, -0.2) is 25.5 Å². The number of nitrogens with one attached hydrogen (secondary N) is 1. The predicted molar refractivity (Wildman–Crippen MR) is 93.5 cm³/mol. The van der Waals surface area contributed by atoms with Gasteiger partial charge >= 0.3 is 6.18 Å². The number of anilines is 2. The first-order valence-corrected chi connectivity index (χ1v) is 8.21. The summed E-state index contributed by atoms with van der Waals surface area (Å²) in [7, 11) is 1.50. The van der Waals surface area contributed by atoms with E-state index >= 15 is 0 Å². The van der Waals surface area contributed by atoms with Crippen LogP contribution in [-0.2, 0) is 15.8 Å².